The van der Waals surface area contributed by atoms with Crippen molar-refractivity contribution in [2.75, 3.05) is 21.3 Å². The monoisotopic (exact) mass is 567 g/mol. The summed E-state index contributed by atoms with van der Waals surface area (Å²) in [5.74, 6) is 0.0277. The Bertz CT molecular complexity index is 1330. The number of halogens is 1. The van der Waals surface area contributed by atoms with Crippen molar-refractivity contribution in [1.82, 2.24) is 34.7 Å². The zero-order valence-electron chi connectivity index (χ0n) is 21.5. The Hall–Kier alpha value is -2.94. The fourth-order valence-electron chi connectivity index (χ4n) is 4.63. The minimum atomic E-state index is -3.93. The molecule has 1 fully saturated rings. The molecule has 0 amide bonds. The van der Waals surface area contributed by atoms with Crippen LogP contribution < -0.4 is 9.47 Å². The Balaban J connectivity index is 1.80. The average Bonchev–Trinajstić information content (AvgIpc) is 3.31. The predicted octanol–water partition coefficient (Wildman–Crippen LogP) is 2.23. The standard InChI is InChI=1S/C23H30ClN7O6S/c1-13(19(35-2)20-25-9-14(24)10-26-20)38(33,34)11-17-29-30-21(15-7-5-6-8-16(15)32)31(17)18-22(36-3)27-12-28-23(18)37-4/h9-10,12-13,15-16,19,32H,5-8,11H2,1-4H3/t13-,15-,16+,19-/m0/s1. The minimum absolute atomic E-state index is 0.0860. The van der Waals surface area contributed by atoms with Crippen molar-refractivity contribution in [3.63, 3.8) is 0 Å². The first-order valence-electron chi connectivity index (χ1n) is 12.0. The number of aliphatic hydroxyl groups is 1. The van der Waals surface area contributed by atoms with E-state index in [2.05, 4.69) is 30.1 Å². The molecular formula is C23H30ClN7O6S. The SMILES string of the molecule is COc1ncnc(OC)c1-n1c(CS(=O)(=O)[C@@H](C)[C@H](OC)c2ncc(Cl)cn2)nnc1[C@H]1CCCC[C@H]1O. The summed E-state index contributed by atoms with van der Waals surface area (Å²) in [4.78, 5) is 16.6. The largest absolute Gasteiger partial charge is 0.479 e. The van der Waals surface area contributed by atoms with Gasteiger partial charge in [-0.05, 0) is 19.8 Å². The van der Waals surface area contributed by atoms with E-state index in [-0.39, 0.29) is 35.0 Å². The number of hydrogen-bond acceptors (Lipinski definition) is 12. The van der Waals surface area contributed by atoms with Crippen molar-refractivity contribution >= 4 is 21.4 Å². The number of nitrogens with zero attached hydrogens (tertiary/aromatic N) is 7. The van der Waals surface area contributed by atoms with E-state index < -0.39 is 33.0 Å². The van der Waals surface area contributed by atoms with Gasteiger partial charge in [0.05, 0.1) is 30.6 Å². The van der Waals surface area contributed by atoms with Gasteiger partial charge < -0.3 is 19.3 Å². The summed E-state index contributed by atoms with van der Waals surface area (Å²) in [5, 5.41) is 18.7. The van der Waals surface area contributed by atoms with E-state index in [0.717, 1.165) is 12.8 Å². The van der Waals surface area contributed by atoms with Crippen molar-refractivity contribution < 1.29 is 27.7 Å². The Kier molecular flexibility index (Phi) is 8.75. The lowest BCUT2D eigenvalue weighted by Crippen LogP contribution is -2.30. The predicted molar refractivity (Wildman–Crippen MR) is 136 cm³/mol. The van der Waals surface area contributed by atoms with E-state index in [1.165, 1.54) is 51.5 Å². The first-order valence-corrected chi connectivity index (χ1v) is 14.1. The van der Waals surface area contributed by atoms with Crippen LogP contribution in [-0.4, -0.2) is 80.9 Å². The highest BCUT2D eigenvalue weighted by atomic mass is 35.5. The molecule has 0 saturated heterocycles. The molecule has 0 spiro atoms. The third kappa shape index (κ3) is 5.58. The van der Waals surface area contributed by atoms with Crippen LogP contribution in [0.3, 0.4) is 0 Å². The molecule has 206 valence electrons. The molecule has 3 aromatic heterocycles. The molecule has 0 aromatic carbocycles. The Labute approximate surface area is 225 Å². The molecular weight excluding hydrogens is 538 g/mol. The fourth-order valence-corrected chi connectivity index (χ4v) is 6.15. The smallest absolute Gasteiger partial charge is 0.245 e. The number of hydrogen-bond donors (Lipinski definition) is 1. The summed E-state index contributed by atoms with van der Waals surface area (Å²) in [5.41, 5.74) is 0.248. The van der Waals surface area contributed by atoms with Gasteiger partial charge in [-0.3, -0.25) is 4.57 Å². The normalized spacial score (nSPS) is 19.6. The van der Waals surface area contributed by atoms with E-state index in [1.54, 1.807) is 0 Å². The van der Waals surface area contributed by atoms with E-state index in [0.29, 0.717) is 23.7 Å². The lowest BCUT2D eigenvalue weighted by Gasteiger charge is -2.28. The number of aliphatic hydroxyl groups excluding tert-OH is 1. The van der Waals surface area contributed by atoms with Gasteiger partial charge in [0, 0.05) is 25.4 Å². The zero-order chi connectivity index (χ0) is 27.4. The second-order valence-electron chi connectivity index (χ2n) is 8.94. The van der Waals surface area contributed by atoms with E-state index in [4.69, 9.17) is 25.8 Å². The molecule has 38 heavy (non-hydrogen) atoms. The van der Waals surface area contributed by atoms with Crippen LogP contribution in [0.4, 0.5) is 0 Å². The highest BCUT2D eigenvalue weighted by Crippen LogP contribution is 2.38. The fraction of sp³-hybridized carbons (Fsp3) is 0.565. The molecule has 15 heteroatoms. The molecule has 4 atom stereocenters. The van der Waals surface area contributed by atoms with Crippen molar-refractivity contribution in [1.29, 1.82) is 0 Å². The number of rotatable bonds is 10. The number of methoxy groups -OCH3 is 3. The lowest BCUT2D eigenvalue weighted by molar-refractivity contribution is 0.0948. The van der Waals surface area contributed by atoms with Gasteiger partial charge in [0.25, 0.3) is 0 Å². The highest BCUT2D eigenvalue weighted by Gasteiger charge is 2.37. The topological polar surface area (TPSA) is 164 Å². The number of sulfone groups is 1. The second kappa shape index (κ2) is 11.8. The van der Waals surface area contributed by atoms with Gasteiger partial charge in [-0.2, -0.15) is 9.97 Å². The van der Waals surface area contributed by atoms with Gasteiger partial charge in [0.1, 0.15) is 24.0 Å². The van der Waals surface area contributed by atoms with Crippen molar-refractivity contribution in [3.8, 4) is 17.4 Å². The Morgan fingerprint density at radius 1 is 1.05 bits per heavy atom. The van der Waals surface area contributed by atoms with Crippen LogP contribution >= 0.6 is 11.6 Å². The summed E-state index contributed by atoms with van der Waals surface area (Å²) >= 11 is 5.89. The molecule has 1 aliphatic rings. The lowest BCUT2D eigenvalue weighted by atomic mass is 9.86. The molecule has 3 aromatic rings. The molecule has 1 aliphatic carbocycles. The molecule has 4 rings (SSSR count). The molecule has 0 bridgehead atoms. The third-order valence-electron chi connectivity index (χ3n) is 6.65. The molecule has 0 aliphatic heterocycles. The molecule has 0 radical (unpaired) electrons. The summed E-state index contributed by atoms with van der Waals surface area (Å²) < 4.78 is 45.3. The maximum absolute atomic E-state index is 13.7. The third-order valence-corrected chi connectivity index (χ3v) is 8.89. The maximum Gasteiger partial charge on any atom is 0.245 e. The van der Waals surface area contributed by atoms with Crippen molar-refractivity contribution in [3.05, 3.63) is 41.2 Å². The Morgan fingerprint density at radius 2 is 1.68 bits per heavy atom. The molecule has 13 nitrogen and oxygen atoms in total. The van der Waals surface area contributed by atoms with Crippen LogP contribution in [0.25, 0.3) is 5.69 Å². The quantitative estimate of drug-likeness (QED) is 0.380. The number of aromatic nitrogens is 7. The maximum atomic E-state index is 13.7. The summed E-state index contributed by atoms with van der Waals surface area (Å²) in [6, 6.07) is 0. The van der Waals surface area contributed by atoms with Crippen LogP contribution in [0, 0.1) is 0 Å². The van der Waals surface area contributed by atoms with Gasteiger partial charge in [-0.15, -0.1) is 10.2 Å². The van der Waals surface area contributed by atoms with Crippen LogP contribution in [-0.2, 0) is 20.3 Å². The molecule has 1 saturated carbocycles. The average molecular weight is 568 g/mol. The summed E-state index contributed by atoms with van der Waals surface area (Å²) in [7, 11) is 0.314. The molecule has 3 heterocycles. The van der Waals surface area contributed by atoms with Crippen LogP contribution in [0.2, 0.25) is 5.02 Å². The first-order chi connectivity index (χ1) is 18.2. The Morgan fingerprint density at radius 3 is 2.26 bits per heavy atom. The van der Waals surface area contributed by atoms with E-state index in [9.17, 15) is 13.5 Å². The van der Waals surface area contributed by atoms with Gasteiger partial charge >= 0.3 is 0 Å². The highest BCUT2D eigenvalue weighted by molar-refractivity contribution is 7.91. The summed E-state index contributed by atoms with van der Waals surface area (Å²) in [6.07, 6.45) is 5.41. The van der Waals surface area contributed by atoms with Crippen molar-refractivity contribution in [2.24, 2.45) is 0 Å². The zero-order valence-corrected chi connectivity index (χ0v) is 23.1. The van der Waals surface area contributed by atoms with Crippen molar-refractivity contribution in [2.45, 2.75) is 61.7 Å². The van der Waals surface area contributed by atoms with Crippen LogP contribution in [0.1, 0.15) is 62.1 Å². The van der Waals surface area contributed by atoms with Gasteiger partial charge in [-0.25, -0.2) is 18.4 Å². The second-order valence-corrected chi connectivity index (χ2v) is 11.7. The van der Waals surface area contributed by atoms with Crippen LogP contribution in [0.15, 0.2) is 18.7 Å². The van der Waals surface area contributed by atoms with Gasteiger partial charge in [0.2, 0.25) is 11.8 Å². The number of ether oxygens (including phenoxy) is 3. The minimum Gasteiger partial charge on any atom is -0.479 e. The van der Waals surface area contributed by atoms with E-state index >= 15 is 0 Å². The van der Waals surface area contributed by atoms with Gasteiger partial charge in [-0.1, -0.05) is 24.4 Å². The van der Waals surface area contributed by atoms with Crippen LogP contribution in [0.5, 0.6) is 11.8 Å². The van der Waals surface area contributed by atoms with E-state index in [1.807, 2.05) is 0 Å². The molecule has 0 unspecified atom stereocenters. The summed E-state index contributed by atoms with van der Waals surface area (Å²) in [6.45, 7) is 1.51. The van der Waals surface area contributed by atoms with Gasteiger partial charge in [0.15, 0.2) is 27.2 Å². The molecule has 1 N–H and O–H groups in total. The first kappa shape index (κ1) is 28.1.